The van der Waals surface area contributed by atoms with Crippen molar-refractivity contribution in [1.29, 1.82) is 0 Å². The fourth-order valence-electron chi connectivity index (χ4n) is 1.45. The molecule has 0 spiro atoms. The van der Waals surface area contributed by atoms with Crippen molar-refractivity contribution >= 4 is 18.3 Å². The van der Waals surface area contributed by atoms with E-state index in [9.17, 15) is 4.79 Å². The molecule has 4 nitrogen and oxygen atoms in total. The third-order valence-electron chi connectivity index (χ3n) is 2.53. The number of primary amides is 1. The molecule has 0 radical (unpaired) electrons. The second-order valence-corrected chi connectivity index (χ2v) is 3.54. The van der Waals surface area contributed by atoms with Gasteiger partial charge in [-0.3, -0.25) is 4.79 Å². The maximum absolute atomic E-state index is 10.5. The lowest BCUT2D eigenvalue weighted by molar-refractivity contribution is -0.127. The molecule has 0 saturated heterocycles. The minimum atomic E-state index is -1.18. The van der Waals surface area contributed by atoms with Crippen LogP contribution in [0.15, 0.2) is 0 Å². The van der Waals surface area contributed by atoms with E-state index in [1.165, 1.54) is 19.3 Å². The summed E-state index contributed by atoms with van der Waals surface area (Å²) in [4.78, 5) is 10.5. The number of halogens is 1. The van der Waals surface area contributed by atoms with Crippen LogP contribution in [-0.2, 0) is 4.79 Å². The van der Waals surface area contributed by atoms with E-state index in [1.54, 1.807) is 0 Å². The van der Waals surface area contributed by atoms with Gasteiger partial charge in [-0.1, -0.05) is 19.3 Å². The number of carbonyl (C=O) groups excluding carboxylic acids is 1. The summed E-state index contributed by atoms with van der Waals surface area (Å²) < 4.78 is 0. The lowest BCUT2D eigenvalue weighted by Gasteiger charge is -2.29. The first-order valence-corrected chi connectivity index (χ1v) is 4.34. The third-order valence-corrected chi connectivity index (χ3v) is 2.53. The number of rotatable bonds is 4. The summed E-state index contributed by atoms with van der Waals surface area (Å²) in [7, 11) is 0. The Bertz CT molecular complexity index is 174. The molecule has 0 aromatic heterocycles. The van der Waals surface area contributed by atoms with Gasteiger partial charge >= 0.3 is 0 Å². The van der Waals surface area contributed by atoms with Gasteiger partial charge in [-0.2, -0.15) is 0 Å². The summed E-state index contributed by atoms with van der Waals surface area (Å²) in [6, 6.07) is -0.479. The molecule has 1 amide bonds. The van der Waals surface area contributed by atoms with Crippen molar-refractivity contribution in [3.63, 3.8) is 0 Å². The van der Waals surface area contributed by atoms with E-state index in [0.29, 0.717) is 12.3 Å². The molecule has 0 unspecified atom stereocenters. The van der Waals surface area contributed by atoms with Crippen molar-refractivity contribution in [2.45, 2.75) is 37.8 Å². The van der Waals surface area contributed by atoms with Crippen molar-refractivity contribution in [3.8, 4) is 0 Å². The molecule has 1 fully saturated rings. The number of amides is 1. The zero-order valence-corrected chi connectivity index (χ0v) is 8.30. The van der Waals surface area contributed by atoms with Gasteiger partial charge in [0.1, 0.15) is 6.10 Å². The highest BCUT2D eigenvalue weighted by Crippen LogP contribution is 2.30. The summed E-state index contributed by atoms with van der Waals surface area (Å²) in [5.74, 6) is -0.129. The molecule has 0 bridgehead atoms. The van der Waals surface area contributed by atoms with Crippen LogP contribution in [-0.4, -0.2) is 23.2 Å². The molecule has 5 N–H and O–H groups in total. The van der Waals surface area contributed by atoms with Crippen LogP contribution in [0.1, 0.15) is 25.7 Å². The van der Waals surface area contributed by atoms with Crippen LogP contribution in [0.25, 0.3) is 0 Å². The SMILES string of the molecule is Cl.NC(=O)[C@H](O)[C@@H](N)CC1CCC1. The molecule has 0 aromatic carbocycles. The molecule has 0 aromatic rings. The van der Waals surface area contributed by atoms with E-state index in [1.807, 2.05) is 0 Å². The standard InChI is InChI=1S/C8H16N2O2.ClH/c9-6(7(11)8(10)12)4-5-2-1-3-5;/h5-7,11H,1-4,9H2,(H2,10,12);1H/t6-,7+;/m0./s1. The number of hydrogen-bond donors (Lipinski definition) is 3. The minimum Gasteiger partial charge on any atom is -0.382 e. The third kappa shape index (κ3) is 3.50. The molecule has 1 rings (SSSR count). The number of hydrogen-bond acceptors (Lipinski definition) is 3. The van der Waals surface area contributed by atoms with E-state index < -0.39 is 18.1 Å². The van der Waals surface area contributed by atoms with Crippen LogP contribution in [0, 0.1) is 5.92 Å². The molecule has 13 heavy (non-hydrogen) atoms. The smallest absolute Gasteiger partial charge is 0.247 e. The predicted molar refractivity (Wildman–Crippen MR) is 52.4 cm³/mol. The molecule has 5 heteroatoms. The van der Waals surface area contributed by atoms with Gasteiger partial charge in [-0.05, 0) is 12.3 Å². The first-order chi connectivity index (χ1) is 5.61. The molecule has 1 saturated carbocycles. The van der Waals surface area contributed by atoms with Crippen LogP contribution in [0.5, 0.6) is 0 Å². The maximum Gasteiger partial charge on any atom is 0.247 e. The van der Waals surface area contributed by atoms with Crippen LogP contribution in [0.4, 0.5) is 0 Å². The summed E-state index contributed by atoms with van der Waals surface area (Å²) in [5, 5.41) is 9.16. The van der Waals surface area contributed by atoms with Crippen LogP contribution < -0.4 is 11.5 Å². The van der Waals surface area contributed by atoms with Gasteiger partial charge in [0.2, 0.25) is 5.91 Å². The largest absolute Gasteiger partial charge is 0.382 e. The number of aliphatic hydroxyl groups is 1. The number of nitrogens with two attached hydrogens (primary N) is 2. The van der Waals surface area contributed by atoms with Crippen LogP contribution >= 0.6 is 12.4 Å². The van der Waals surface area contributed by atoms with Crippen LogP contribution in [0.2, 0.25) is 0 Å². The second kappa shape index (κ2) is 5.42. The lowest BCUT2D eigenvalue weighted by atomic mass is 9.80. The second-order valence-electron chi connectivity index (χ2n) is 3.54. The average Bonchev–Trinajstić information content (AvgIpc) is 1.94. The van der Waals surface area contributed by atoms with E-state index >= 15 is 0 Å². The first-order valence-electron chi connectivity index (χ1n) is 4.34. The van der Waals surface area contributed by atoms with Gasteiger partial charge in [0, 0.05) is 6.04 Å². The topological polar surface area (TPSA) is 89.3 Å². The fourth-order valence-corrected chi connectivity index (χ4v) is 1.45. The van der Waals surface area contributed by atoms with Gasteiger partial charge in [-0.15, -0.1) is 12.4 Å². The zero-order chi connectivity index (χ0) is 9.14. The summed E-state index contributed by atoms with van der Waals surface area (Å²) in [6.45, 7) is 0. The van der Waals surface area contributed by atoms with Crippen molar-refractivity contribution < 1.29 is 9.90 Å². The summed E-state index contributed by atoms with van der Waals surface area (Å²) in [5.41, 5.74) is 10.5. The Morgan fingerprint density at radius 3 is 2.38 bits per heavy atom. The molecule has 0 aliphatic heterocycles. The highest BCUT2D eigenvalue weighted by Gasteiger charge is 2.26. The van der Waals surface area contributed by atoms with Crippen LogP contribution in [0.3, 0.4) is 0 Å². The predicted octanol–water partition coefficient (Wildman–Crippen LogP) is -0.228. The lowest BCUT2D eigenvalue weighted by Crippen LogP contribution is -2.45. The highest BCUT2D eigenvalue weighted by molar-refractivity contribution is 5.85. The van der Waals surface area contributed by atoms with Gasteiger partial charge in [-0.25, -0.2) is 0 Å². The summed E-state index contributed by atoms with van der Waals surface area (Å²) >= 11 is 0. The van der Waals surface area contributed by atoms with Crippen molar-refractivity contribution in [2.75, 3.05) is 0 Å². The Balaban J connectivity index is 0.00000144. The van der Waals surface area contributed by atoms with Gasteiger partial charge in [0.15, 0.2) is 0 Å². The van der Waals surface area contributed by atoms with Gasteiger partial charge in [0.05, 0.1) is 0 Å². The fraction of sp³-hybridized carbons (Fsp3) is 0.875. The molecular weight excluding hydrogens is 192 g/mol. The van der Waals surface area contributed by atoms with Crippen molar-refractivity contribution in [1.82, 2.24) is 0 Å². The number of carbonyl (C=O) groups is 1. The highest BCUT2D eigenvalue weighted by atomic mass is 35.5. The molecule has 2 atom stereocenters. The van der Waals surface area contributed by atoms with E-state index in [0.717, 1.165) is 0 Å². The van der Waals surface area contributed by atoms with E-state index in [2.05, 4.69) is 0 Å². The maximum atomic E-state index is 10.5. The van der Waals surface area contributed by atoms with Crippen molar-refractivity contribution in [2.24, 2.45) is 17.4 Å². The van der Waals surface area contributed by atoms with Crippen molar-refractivity contribution in [3.05, 3.63) is 0 Å². The summed E-state index contributed by atoms with van der Waals surface area (Å²) in [6.07, 6.45) is 3.11. The quantitative estimate of drug-likeness (QED) is 0.596. The Labute approximate surface area is 84.1 Å². The Hall–Kier alpha value is -0.320. The molecule has 1 aliphatic carbocycles. The minimum absolute atomic E-state index is 0. The van der Waals surface area contributed by atoms with E-state index in [-0.39, 0.29) is 12.4 Å². The molecule has 0 heterocycles. The molecular formula is C8H17ClN2O2. The molecule has 1 aliphatic rings. The zero-order valence-electron chi connectivity index (χ0n) is 7.48. The Kier molecular flexibility index (Phi) is 5.29. The Morgan fingerprint density at radius 1 is 1.54 bits per heavy atom. The Morgan fingerprint density at radius 2 is 2.08 bits per heavy atom. The van der Waals surface area contributed by atoms with E-state index in [4.69, 9.17) is 16.6 Å². The number of aliphatic hydroxyl groups excluding tert-OH is 1. The molecule has 78 valence electrons. The normalized spacial score (nSPS) is 21.1. The van der Waals surface area contributed by atoms with Gasteiger partial charge < -0.3 is 16.6 Å². The average molecular weight is 209 g/mol. The van der Waals surface area contributed by atoms with Gasteiger partial charge in [0.25, 0.3) is 0 Å². The monoisotopic (exact) mass is 208 g/mol. The first kappa shape index (κ1) is 12.7.